The lowest BCUT2D eigenvalue weighted by Crippen LogP contribution is -2.42. The molecule has 132 heavy (non-hydrogen) atoms. The summed E-state index contributed by atoms with van der Waals surface area (Å²) in [7, 11) is 0. The SMILES string of the molecule is [2H]C(C)(C)N1C=CN(c2c(C)ccc3c2oc2nc(C)ccc23)C1C.[2H]C(C)(C)N1c2ccccc2N(c2c(C)ccc3c2oc2nc(C)ccc23)C1C.[2H]C(C)(C)N1c2ccccc2N(c2c(C)ccc3c2oc2nc(C)ccc23)C1C.[2H]C([2H])([2H])N1c2ccccc2N(c2c(C)ccc3c2oc2nc(C)ccc23)C1C.[2H]C([2H])([2H])N1c2cccnc2N(c2c(C)ccc3c2oc2nc(C)ccc23)C1C. The van der Waals surface area contributed by atoms with Gasteiger partial charge in [-0.3, -0.25) is 0 Å². The summed E-state index contributed by atoms with van der Waals surface area (Å²) in [5.41, 5.74) is 28.5. The highest BCUT2D eigenvalue weighted by atomic mass is 16.4. The molecule has 5 atom stereocenters. The number of aryl methyl sites for hydroxylation is 10. The molecule has 0 spiro atoms. The number of anilines is 13. The van der Waals surface area contributed by atoms with Gasteiger partial charge in [0.2, 0.25) is 28.6 Å². The molecule has 5 aliphatic rings. The summed E-state index contributed by atoms with van der Waals surface area (Å²) in [5, 5.41) is 10.1. The summed E-state index contributed by atoms with van der Waals surface area (Å²) in [5.74, 6) is 0.608. The van der Waals surface area contributed by atoms with E-state index in [1.54, 1.807) is 18.3 Å². The molecule has 24 rings (SSSR count). The fourth-order valence-corrected chi connectivity index (χ4v) is 20.2. The maximum Gasteiger partial charge on any atom is 0.227 e. The number of hydrogen-bond donors (Lipinski definition) is 0. The number of furan rings is 5. The molecular weight excluding hydrogens is 1640 g/mol. The van der Waals surface area contributed by atoms with Crippen molar-refractivity contribution in [1.82, 2.24) is 34.8 Å². The van der Waals surface area contributed by atoms with Gasteiger partial charge in [0.05, 0.1) is 72.4 Å². The molecule has 0 saturated heterocycles. The molecule has 0 N–H and O–H groups in total. The third-order valence-electron chi connectivity index (χ3n) is 26.4. The van der Waals surface area contributed by atoms with Crippen LogP contribution in [-0.4, -0.2) is 97.6 Å². The number of para-hydroxylation sites is 6. The van der Waals surface area contributed by atoms with Crippen LogP contribution >= 0.6 is 0 Å². The molecule has 0 fully saturated rings. The average molecular weight is 1760 g/mol. The lowest BCUT2D eigenvalue weighted by atomic mass is 10.1. The zero-order valence-electron chi connectivity index (χ0n) is 87.4. The lowest BCUT2D eigenvalue weighted by molar-refractivity contribution is 0.263. The van der Waals surface area contributed by atoms with Gasteiger partial charge in [-0.05, 0) is 282 Å². The summed E-state index contributed by atoms with van der Waals surface area (Å²) in [6.07, 6.45) is 4.85. The van der Waals surface area contributed by atoms with Crippen molar-refractivity contribution in [3.05, 3.63) is 281 Å². The van der Waals surface area contributed by atoms with Gasteiger partial charge in [-0.15, -0.1) is 0 Å². The highest BCUT2D eigenvalue weighted by Crippen LogP contribution is 2.55. The van der Waals surface area contributed by atoms with Crippen LogP contribution < -0.4 is 44.1 Å². The van der Waals surface area contributed by atoms with E-state index < -0.39 is 44.3 Å². The lowest BCUT2D eigenvalue weighted by Gasteiger charge is -2.33. The third kappa shape index (κ3) is 14.0. The topological polar surface area (TPSA) is 175 Å². The van der Waals surface area contributed by atoms with Crippen LogP contribution in [0.2, 0.25) is 0 Å². The fourth-order valence-electron chi connectivity index (χ4n) is 20.2. The van der Waals surface area contributed by atoms with E-state index in [0.29, 0.717) is 51.3 Å². The molecule has 0 saturated carbocycles. The Morgan fingerprint density at radius 3 is 0.894 bits per heavy atom. The van der Waals surface area contributed by atoms with Gasteiger partial charge in [0.15, 0.2) is 33.7 Å². The minimum absolute atomic E-state index is 0.0212. The van der Waals surface area contributed by atoms with E-state index in [1.165, 1.54) is 9.80 Å². The number of pyridine rings is 6. The number of rotatable bonds is 8. The normalized spacial score (nSPS) is 18.3. The van der Waals surface area contributed by atoms with Gasteiger partial charge in [0.1, 0.15) is 30.8 Å². The fraction of sp³-hybridized carbons (Fsp3) is 0.279. The summed E-state index contributed by atoms with van der Waals surface area (Å²) >= 11 is 0. The van der Waals surface area contributed by atoms with E-state index in [4.69, 9.17) is 34.4 Å². The maximum absolute atomic E-state index is 8.74. The Labute approximate surface area is 783 Å². The van der Waals surface area contributed by atoms with Crippen LogP contribution in [0.3, 0.4) is 0 Å². The summed E-state index contributed by atoms with van der Waals surface area (Å²) in [4.78, 5) is 47.4. The molecule has 0 amide bonds. The highest BCUT2D eigenvalue weighted by Gasteiger charge is 2.42. The molecule has 0 bridgehead atoms. The maximum atomic E-state index is 8.74. The zero-order chi connectivity index (χ0) is 99.9. The van der Waals surface area contributed by atoms with Gasteiger partial charge >= 0.3 is 0 Å². The first kappa shape index (κ1) is 75.2. The Balaban J connectivity index is 0.000000108. The molecule has 668 valence electrons. The second-order valence-electron chi connectivity index (χ2n) is 36.0. The Hall–Kier alpha value is -14.6. The van der Waals surface area contributed by atoms with Crippen LogP contribution in [0.15, 0.2) is 247 Å². The second kappa shape index (κ2) is 33.1. The quantitative estimate of drug-likeness (QED) is 0.140. The molecule has 0 aliphatic carbocycles. The standard InChI is InChI=1S/2C24H25N3O.C22H21N3O.C21H20N4O.C20H23N3O/c2*1-14(2)26-17(5)27(21-9-7-6-8-20(21)26)22-15(3)10-12-18-19-13-11-16(4)25-24(19)28-23(18)22;1-13-9-11-16-17-12-10-14(2)23-22(17)26-21(16)20(13)25-15(3)24(4)18-7-5-6-8-19(18)25;1-12-7-9-15-16-10-8-13(2)23-21(16)26-19(15)18(12)25-14(3)24(4)17-6-5-11-22-20(17)25;1-12(2)22-10-11-23(15(22)5)18-13(3)6-8-16-17-9-7-14(4)21-20(17)24-19(16)18/h2*6-14,17H,1-5H3;5-12,15H,1-4H3;5-11,14H,1-4H3;6-12,15H,1-5H3/i2*14D;2*4D3;12D. The first-order chi connectivity index (χ1) is 66.8. The van der Waals surface area contributed by atoms with Crippen LogP contribution in [0, 0.1) is 69.2 Å². The van der Waals surface area contributed by atoms with Crippen LogP contribution in [0.1, 0.15) is 145 Å². The number of benzene rings is 8. The van der Waals surface area contributed by atoms with Crippen molar-refractivity contribution in [2.24, 2.45) is 0 Å². The molecule has 19 aromatic rings. The van der Waals surface area contributed by atoms with Crippen molar-refractivity contribution < 1.29 is 34.4 Å². The molecule has 5 unspecified atom stereocenters. The Morgan fingerprint density at radius 1 is 0.280 bits per heavy atom. The van der Waals surface area contributed by atoms with E-state index in [-0.39, 0.29) is 18.5 Å². The molecule has 5 aliphatic heterocycles. The summed E-state index contributed by atoms with van der Waals surface area (Å²) in [6.45, 7) is 37.3. The van der Waals surface area contributed by atoms with Crippen LogP contribution in [0.5, 0.6) is 0 Å². The number of fused-ring (bicyclic) bond motifs is 19. The van der Waals surface area contributed by atoms with E-state index in [2.05, 4.69) is 198 Å². The van der Waals surface area contributed by atoms with Gasteiger partial charge in [-0.1, -0.05) is 97.1 Å². The van der Waals surface area contributed by atoms with E-state index >= 15 is 0 Å². The summed E-state index contributed by atoms with van der Waals surface area (Å²) < 4.78 is 105. The van der Waals surface area contributed by atoms with Gasteiger partial charge in [0.25, 0.3) is 0 Å². The molecule has 0 radical (unpaired) electrons. The summed E-state index contributed by atoms with van der Waals surface area (Å²) in [6, 6.07) is 66.8. The minimum Gasteiger partial charge on any atom is -0.435 e. The minimum atomic E-state index is -2.29. The zero-order valence-corrected chi connectivity index (χ0v) is 78.4. The first-order valence-corrected chi connectivity index (χ1v) is 45.1. The molecule has 8 aromatic carbocycles. The Kier molecular flexibility index (Phi) is 18.9. The monoisotopic (exact) mass is 1760 g/mol. The van der Waals surface area contributed by atoms with Crippen LogP contribution in [0.25, 0.3) is 110 Å². The molecule has 21 nitrogen and oxygen atoms in total. The number of aromatic nitrogens is 6. The predicted octanol–water partition coefficient (Wildman–Crippen LogP) is 28.0. The highest BCUT2D eigenvalue weighted by molar-refractivity contribution is 6.15. The Morgan fingerprint density at radius 2 is 0.561 bits per heavy atom. The predicted molar refractivity (Wildman–Crippen MR) is 545 cm³/mol. The molecule has 21 heteroatoms. The number of hydrogen-bond acceptors (Lipinski definition) is 21. The van der Waals surface area contributed by atoms with Crippen molar-refractivity contribution in [3.8, 4) is 0 Å². The molecule has 11 aromatic heterocycles. The van der Waals surface area contributed by atoms with Gasteiger partial charge in [-0.2, -0.15) is 0 Å². The molecular formula is C111H114N16O5. The van der Waals surface area contributed by atoms with Crippen molar-refractivity contribution >= 4 is 184 Å². The van der Waals surface area contributed by atoms with Crippen molar-refractivity contribution in [1.29, 1.82) is 0 Å². The van der Waals surface area contributed by atoms with Gasteiger partial charge in [0, 0.05) is 141 Å². The van der Waals surface area contributed by atoms with Crippen LogP contribution in [0.4, 0.5) is 74.1 Å². The van der Waals surface area contributed by atoms with Gasteiger partial charge in [-0.25, -0.2) is 29.9 Å². The third-order valence-corrected chi connectivity index (χ3v) is 26.4. The van der Waals surface area contributed by atoms with E-state index in [9.17, 15) is 0 Å². The smallest absolute Gasteiger partial charge is 0.227 e. The van der Waals surface area contributed by atoms with E-state index in [0.717, 1.165) is 189 Å². The first-order valence-electron chi connectivity index (χ1n) is 49.6. The number of nitrogens with zero attached hydrogens (tertiary/aromatic N) is 16. The second-order valence-corrected chi connectivity index (χ2v) is 36.0. The molecule has 16 heterocycles. The van der Waals surface area contributed by atoms with Gasteiger partial charge < -0.3 is 71.1 Å². The van der Waals surface area contributed by atoms with E-state index in [1.807, 2.05) is 223 Å². The van der Waals surface area contributed by atoms with Crippen molar-refractivity contribution in [3.63, 3.8) is 0 Å². The average Bonchev–Trinajstić information content (AvgIpc) is 1.58. The largest absolute Gasteiger partial charge is 0.435 e. The van der Waals surface area contributed by atoms with Crippen molar-refractivity contribution in [2.45, 2.75) is 194 Å². The van der Waals surface area contributed by atoms with Crippen molar-refractivity contribution in [2.75, 3.05) is 58.1 Å². The Bertz CT molecular complexity index is 7460. The van der Waals surface area contributed by atoms with Crippen LogP contribution in [-0.2, 0) is 0 Å².